The first-order valence-corrected chi connectivity index (χ1v) is 4.96. The van der Waals surface area contributed by atoms with E-state index in [1.807, 2.05) is 13.8 Å². The molecule has 0 bridgehead atoms. The van der Waals surface area contributed by atoms with E-state index in [2.05, 4.69) is 20.1 Å². The van der Waals surface area contributed by atoms with Crippen molar-refractivity contribution in [2.75, 3.05) is 26.4 Å². The third-order valence-corrected chi connectivity index (χ3v) is 1.50. The molecule has 14 heavy (non-hydrogen) atoms. The van der Waals surface area contributed by atoms with Gasteiger partial charge in [-0.25, -0.2) is 0 Å². The molecule has 82 valence electrons. The fourth-order valence-electron chi connectivity index (χ4n) is 0.917. The molecule has 0 radical (unpaired) electrons. The fourth-order valence-corrected chi connectivity index (χ4v) is 0.917. The molecule has 0 aliphatic heterocycles. The van der Waals surface area contributed by atoms with Gasteiger partial charge in [0.05, 0.1) is 26.4 Å². The van der Waals surface area contributed by atoms with E-state index >= 15 is 0 Å². The van der Waals surface area contributed by atoms with Crippen LogP contribution in [0.3, 0.4) is 0 Å². The first-order valence-electron chi connectivity index (χ1n) is 4.96. The third kappa shape index (κ3) is 9.49. The lowest BCUT2D eigenvalue weighted by Crippen LogP contribution is -2.14. The summed E-state index contributed by atoms with van der Waals surface area (Å²) in [6.45, 7) is 16.3. The summed E-state index contributed by atoms with van der Waals surface area (Å²) in [5.74, 6) is 0.425. The first-order chi connectivity index (χ1) is 6.52. The van der Waals surface area contributed by atoms with Crippen LogP contribution in [0.15, 0.2) is 24.3 Å². The summed E-state index contributed by atoms with van der Waals surface area (Å²) >= 11 is 0. The molecular formula is C12H22O2. The van der Waals surface area contributed by atoms with Gasteiger partial charge in [-0.05, 0) is 13.8 Å². The van der Waals surface area contributed by atoms with Crippen LogP contribution in [0, 0.1) is 5.92 Å². The molecular weight excluding hydrogens is 176 g/mol. The van der Waals surface area contributed by atoms with Crippen molar-refractivity contribution in [2.24, 2.45) is 5.92 Å². The first kappa shape index (κ1) is 13.4. The molecule has 0 aromatic rings. The SMILES string of the molecule is C=C(C)COCC(C)COCC(=C)C. The summed E-state index contributed by atoms with van der Waals surface area (Å²) in [5.41, 5.74) is 2.11. The molecule has 0 N–H and O–H groups in total. The van der Waals surface area contributed by atoms with Crippen molar-refractivity contribution in [3.63, 3.8) is 0 Å². The Morgan fingerprint density at radius 2 is 1.36 bits per heavy atom. The van der Waals surface area contributed by atoms with Gasteiger partial charge in [-0.3, -0.25) is 0 Å². The van der Waals surface area contributed by atoms with Gasteiger partial charge in [0.1, 0.15) is 0 Å². The van der Waals surface area contributed by atoms with Crippen LogP contribution in [0.25, 0.3) is 0 Å². The highest BCUT2D eigenvalue weighted by Crippen LogP contribution is 2.00. The molecule has 0 heterocycles. The molecule has 0 spiro atoms. The summed E-state index contributed by atoms with van der Waals surface area (Å²) in [4.78, 5) is 0. The van der Waals surface area contributed by atoms with Crippen LogP contribution in [0.1, 0.15) is 20.8 Å². The maximum Gasteiger partial charge on any atom is 0.0671 e. The Balaban J connectivity index is 3.32. The predicted molar refractivity (Wildman–Crippen MR) is 60.4 cm³/mol. The summed E-state index contributed by atoms with van der Waals surface area (Å²) in [5, 5.41) is 0. The monoisotopic (exact) mass is 198 g/mol. The van der Waals surface area contributed by atoms with Crippen molar-refractivity contribution in [1.82, 2.24) is 0 Å². The summed E-state index contributed by atoms with van der Waals surface area (Å²) in [6.07, 6.45) is 0. The fraction of sp³-hybridized carbons (Fsp3) is 0.667. The largest absolute Gasteiger partial charge is 0.377 e. The Morgan fingerprint density at radius 3 is 1.64 bits per heavy atom. The van der Waals surface area contributed by atoms with Crippen molar-refractivity contribution in [3.05, 3.63) is 24.3 Å². The second kappa shape index (κ2) is 7.77. The van der Waals surface area contributed by atoms with E-state index in [4.69, 9.17) is 9.47 Å². The van der Waals surface area contributed by atoms with E-state index < -0.39 is 0 Å². The highest BCUT2D eigenvalue weighted by Gasteiger charge is 2.02. The Hall–Kier alpha value is -0.600. The molecule has 0 rings (SSSR count). The van der Waals surface area contributed by atoms with E-state index in [0.717, 1.165) is 24.4 Å². The quantitative estimate of drug-likeness (QED) is 0.558. The van der Waals surface area contributed by atoms with Crippen LogP contribution in [0.2, 0.25) is 0 Å². The second-order valence-electron chi connectivity index (χ2n) is 4.05. The van der Waals surface area contributed by atoms with Crippen molar-refractivity contribution in [2.45, 2.75) is 20.8 Å². The molecule has 0 saturated carbocycles. The zero-order chi connectivity index (χ0) is 11.0. The molecule has 0 aromatic heterocycles. The highest BCUT2D eigenvalue weighted by atomic mass is 16.5. The number of ether oxygens (including phenoxy) is 2. The van der Waals surface area contributed by atoms with E-state index in [9.17, 15) is 0 Å². The van der Waals surface area contributed by atoms with Crippen LogP contribution in [-0.2, 0) is 9.47 Å². The molecule has 0 saturated heterocycles. The standard InChI is InChI=1S/C12H22O2/c1-10(2)6-13-8-12(5)9-14-7-11(3)4/h12H,1,3,6-9H2,2,4-5H3. The van der Waals surface area contributed by atoms with Crippen molar-refractivity contribution < 1.29 is 9.47 Å². The van der Waals surface area contributed by atoms with Gasteiger partial charge >= 0.3 is 0 Å². The topological polar surface area (TPSA) is 18.5 Å². The molecule has 0 atom stereocenters. The van der Waals surface area contributed by atoms with Crippen LogP contribution in [-0.4, -0.2) is 26.4 Å². The zero-order valence-corrected chi connectivity index (χ0v) is 9.64. The molecule has 2 heteroatoms. The third-order valence-electron chi connectivity index (χ3n) is 1.50. The molecule has 2 nitrogen and oxygen atoms in total. The normalized spacial score (nSPS) is 10.6. The molecule has 0 aromatic carbocycles. The molecule has 0 fully saturated rings. The molecule has 0 aliphatic rings. The average molecular weight is 198 g/mol. The van der Waals surface area contributed by atoms with E-state index in [1.54, 1.807) is 0 Å². The molecule has 0 unspecified atom stereocenters. The Labute approximate surface area is 87.6 Å². The Morgan fingerprint density at radius 1 is 1.00 bits per heavy atom. The van der Waals surface area contributed by atoms with E-state index in [1.165, 1.54) is 0 Å². The number of rotatable bonds is 8. The zero-order valence-electron chi connectivity index (χ0n) is 9.64. The van der Waals surface area contributed by atoms with Gasteiger partial charge in [0, 0.05) is 5.92 Å². The van der Waals surface area contributed by atoms with Gasteiger partial charge in [-0.15, -0.1) is 0 Å². The minimum atomic E-state index is 0.425. The average Bonchev–Trinajstić information content (AvgIpc) is 2.02. The summed E-state index contributed by atoms with van der Waals surface area (Å²) in [7, 11) is 0. The van der Waals surface area contributed by atoms with Gasteiger partial charge in [-0.1, -0.05) is 31.2 Å². The van der Waals surface area contributed by atoms with Gasteiger partial charge in [0.15, 0.2) is 0 Å². The smallest absolute Gasteiger partial charge is 0.0671 e. The maximum absolute atomic E-state index is 5.41. The second-order valence-corrected chi connectivity index (χ2v) is 4.05. The minimum Gasteiger partial charge on any atom is -0.377 e. The Bertz CT molecular complexity index is 165. The van der Waals surface area contributed by atoms with Crippen LogP contribution >= 0.6 is 0 Å². The minimum absolute atomic E-state index is 0.425. The Kier molecular flexibility index (Phi) is 7.44. The van der Waals surface area contributed by atoms with Crippen LogP contribution < -0.4 is 0 Å². The maximum atomic E-state index is 5.41. The van der Waals surface area contributed by atoms with Crippen LogP contribution in [0.4, 0.5) is 0 Å². The lowest BCUT2D eigenvalue weighted by Gasteiger charge is -2.12. The lowest BCUT2D eigenvalue weighted by atomic mass is 10.2. The van der Waals surface area contributed by atoms with Crippen molar-refractivity contribution in [1.29, 1.82) is 0 Å². The van der Waals surface area contributed by atoms with Gasteiger partial charge in [-0.2, -0.15) is 0 Å². The van der Waals surface area contributed by atoms with Crippen molar-refractivity contribution >= 4 is 0 Å². The number of hydrogen-bond acceptors (Lipinski definition) is 2. The van der Waals surface area contributed by atoms with E-state index in [0.29, 0.717) is 19.1 Å². The lowest BCUT2D eigenvalue weighted by molar-refractivity contribution is 0.0619. The molecule has 0 aliphatic carbocycles. The number of hydrogen-bond donors (Lipinski definition) is 0. The molecule has 0 amide bonds. The highest BCUT2D eigenvalue weighted by molar-refractivity contribution is 4.88. The van der Waals surface area contributed by atoms with Gasteiger partial charge < -0.3 is 9.47 Å². The predicted octanol–water partition coefficient (Wildman–Crippen LogP) is 2.81. The summed E-state index contributed by atoms with van der Waals surface area (Å²) < 4.78 is 10.8. The van der Waals surface area contributed by atoms with Crippen molar-refractivity contribution in [3.8, 4) is 0 Å². The van der Waals surface area contributed by atoms with Crippen LogP contribution in [0.5, 0.6) is 0 Å². The van der Waals surface area contributed by atoms with Gasteiger partial charge in [0.25, 0.3) is 0 Å². The van der Waals surface area contributed by atoms with E-state index in [-0.39, 0.29) is 0 Å². The summed E-state index contributed by atoms with van der Waals surface area (Å²) in [6, 6.07) is 0. The van der Waals surface area contributed by atoms with Gasteiger partial charge in [0.2, 0.25) is 0 Å².